The van der Waals surface area contributed by atoms with Crippen LogP contribution in [0.25, 0.3) is 0 Å². The summed E-state index contributed by atoms with van der Waals surface area (Å²) in [6.45, 7) is 11.8. The molecule has 2 aliphatic rings. The fraction of sp³-hybridized carbons (Fsp3) is 0.682. The van der Waals surface area contributed by atoms with Gasteiger partial charge in [-0.15, -0.1) is 0 Å². The lowest BCUT2D eigenvalue weighted by atomic mass is 9.69. The number of ether oxygens (including phenoxy) is 2. The highest BCUT2D eigenvalue weighted by molar-refractivity contribution is 5.99. The zero-order chi connectivity index (χ0) is 21.6. The van der Waals surface area contributed by atoms with Crippen molar-refractivity contribution in [1.82, 2.24) is 10.3 Å². The first-order chi connectivity index (χ1) is 13.5. The smallest absolute Gasteiger partial charge is 0.355 e. The van der Waals surface area contributed by atoms with Crippen LogP contribution >= 0.6 is 0 Å². The lowest BCUT2D eigenvalue weighted by Crippen LogP contribution is -2.48. The highest BCUT2D eigenvalue weighted by Gasteiger charge is 2.61. The van der Waals surface area contributed by atoms with Crippen LogP contribution in [-0.4, -0.2) is 42.1 Å². The number of fused-ring (bicyclic) bond motifs is 2. The lowest BCUT2D eigenvalue weighted by molar-refractivity contribution is -0.126. The van der Waals surface area contributed by atoms with Gasteiger partial charge in [-0.05, 0) is 62.3 Å². The molecule has 2 saturated carbocycles. The van der Waals surface area contributed by atoms with Crippen molar-refractivity contribution in [1.29, 1.82) is 0 Å². The molecule has 0 spiro atoms. The lowest BCUT2D eigenvalue weighted by Gasteiger charge is -2.39. The normalized spacial score (nSPS) is 27.0. The van der Waals surface area contributed by atoms with E-state index >= 15 is 0 Å². The quantitative estimate of drug-likeness (QED) is 0.709. The molecule has 1 aromatic heterocycles. The number of amides is 1. The highest BCUT2D eigenvalue weighted by Crippen LogP contribution is 2.65. The third kappa shape index (κ3) is 3.45. The maximum atomic E-state index is 12.5. The molecule has 29 heavy (non-hydrogen) atoms. The van der Waals surface area contributed by atoms with Gasteiger partial charge in [0.2, 0.25) is 0 Å². The molecule has 7 heteroatoms. The monoisotopic (exact) mass is 404 g/mol. The molecule has 1 amide bonds. The summed E-state index contributed by atoms with van der Waals surface area (Å²) in [5.74, 6) is -0.811. The summed E-state index contributed by atoms with van der Waals surface area (Å²) >= 11 is 0. The van der Waals surface area contributed by atoms with Crippen LogP contribution < -0.4 is 5.32 Å². The Labute approximate surface area is 171 Å². The molecule has 0 radical (unpaired) electrons. The van der Waals surface area contributed by atoms with Crippen LogP contribution in [0.5, 0.6) is 0 Å². The number of nitrogens with one attached hydrogen (secondary N) is 2. The molecule has 0 aromatic carbocycles. The number of aromatic nitrogens is 1. The zero-order valence-electron chi connectivity index (χ0n) is 18.2. The minimum Gasteiger partial charge on any atom is -0.461 e. The molecule has 7 nitrogen and oxygen atoms in total. The fourth-order valence-electron chi connectivity index (χ4n) is 5.32. The molecular formula is C22H32N2O5. The van der Waals surface area contributed by atoms with E-state index in [2.05, 4.69) is 31.1 Å². The summed E-state index contributed by atoms with van der Waals surface area (Å²) in [5.41, 5.74) is 1.75. The molecule has 2 aliphatic carbocycles. The summed E-state index contributed by atoms with van der Waals surface area (Å²) < 4.78 is 10.3. The number of carbonyl (C=O) groups is 3. The number of rotatable bonds is 6. The SMILES string of the molecule is CCOC(=O)c1[nH]c(C)c(C(=O)OCC(=O)N[C@@H]2C[C@H]3CC[C@@]2(C)C3(C)C)c1C. The zero-order valence-corrected chi connectivity index (χ0v) is 18.2. The number of aryl methyl sites for hydroxylation is 1. The van der Waals surface area contributed by atoms with Gasteiger partial charge in [0.05, 0.1) is 12.2 Å². The van der Waals surface area contributed by atoms with E-state index in [0.717, 1.165) is 12.8 Å². The molecule has 2 fully saturated rings. The molecule has 160 valence electrons. The van der Waals surface area contributed by atoms with Gasteiger partial charge in [0, 0.05) is 11.7 Å². The maximum absolute atomic E-state index is 12.5. The Morgan fingerprint density at radius 2 is 1.83 bits per heavy atom. The Morgan fingerprint density at radius 1 is 1.14 bits per heavy atom. The van der Waals surface area contributed by atoms with Crippen molar-refractivity contribution in [3.63, 3.8) is 0 Å². The van der Waals surface area contributed by atoms with Crippen LogP contribution in [0.4, 0.5) is 0 Å². The minimum absolute atomic E-state index is 0.0691. The molecule has 0 unspecified atom stereocenters. The number of esters is 2. The summed E-state index contributed by atoms with van der Waals surface area (Å²) in [6, 6.07) is 0.105. The van der Waals surface area contributed by atoms with Crippen LogP contribution in [0, 0.1) is 30.6 Å². The van der Waals surface area contributed by atoms with Gasteiger partial charge >= 0.3 is 11.9 Å². The van der Waals surface area contributed by atoms with E-state index in [-0.39, 0.29) is 47.3 Å². The van der Waals surface area contributed by atoms with E-state index < -0.39 is 11.9 Å². The highest BCUT2D eigenvalue weighted by atomic mass is 16.5. The van der Waals surface area contributed by atoms with Gasteiger partial charge in [0.1, 0.15) is 5.69 Å². The Bertz CT molecular complexity index is 841. The number of hydrogen-bond acceptors (Lipinski definition) is 5. The van der Waals surface area contributed by atoms with E-state index in [0.29, 0.717) is 17.2 Å². The predicted molar refractivity (Wildman–Crippen MR) is 108 cm³/mol. The summed E-state index contributed by atoms with van der Waals surface area (Å²) in [7, 11) is 0. The number of aromatic amines is 1. The predicted octanol–water partition coefficient (Wildman–Crippen LogP) is 3.30. The first-order valence-electron chi connectivity index (χ1n) is 10.4. The van der Waals surface area contributed by atoms with E-state index in [1.165, 1.54) is 6.42 Å². The largest absolute Gasteiger partial charge is 0.461 e. The van der Waals surface area contributed by atoms with Gasteiger partial charge in [-0.3, -0.25) is 4.79 Å². The van der Waals surface area contributed by atoms with Gasteiger partial charge in [-0.25, -0.2) is 9.59 Å². The van der Waals surface area contributed by atoms with Crippen LogP contribution in [0.2, 0.25) is 0 Å². The van der Waals surface area contributed by atoms with Gasteiger partial charge in [0.25, 0.3) is 5.91 Å². The number of hydrogen-bond donors (Lipinski definition) is 2. The summed E-state index contributed by atoms with van der Waals surface area (Å²) in [4.78, 5) is 39.9. The second-order valence-corrected chi connectivity index (χ2v) is 9.15. The second kappa shape index (κ2) is 7.50. The molecule has 2 N–H and O–H groups in total. The minimum atomic E-state index is -0.624. The van der Waals surface area contributed by atoms with Crippen molar-refractivity contribution in [2.75, 3.05) is 13.2 Å². The molecule has 1 aromatic rings. The average molecular weight is 405 g/mol. The van der Waals surface area contributed by atoms with Gasteiger partial charge in [-0.2, -0.15) is 0 Å². The van der Waals surface area contributed by atoms with E-state index in [4.69, 9.17) is 9.47 Å². The van der Waals surface area contributed by atoms with Gasteiger partial charge in [0.15, 0.2) is 6.61 Å². The molecule has 3 atom stereocenters. The topological polar surface area (TPSA) is 97.5 Å². The number of H-pyrrole nitrogens is 1. The van der Waals surface area contributed by atoms with E-state index in [1.807, 2.05) is 0 Å². The summed E-state index contributed by atoms with van der Waals surface area (Å²) in [6.07, 6.45) is 3.29. The first-order valence-corrected chi connectivity index (χ1v) is 10.4. The van der Waals surface area contributed by atoms with Crippen molar-refractivity contribution in [2.45, 2.75) is 66.8 Å². The van der Waals surface area contributed by atoms with Crippen molar-refractivity contribution in [3.05, 3.63) is 22.5 Å². The molecule has 0 aliphatic heterocycles. The van der Waals surface area contributed by atoms with Gasteiger partial charge in [-0.1, -0.05) is 20.8 Å². The van der Waals surface area contributed by atoms with Crippen molar-refractivity contribution in [3.8, 4) is 0 Å². The summed E-state index contributed by atoms with van der Waals surface area (Å²) in [5, 5.41) is 3.08. The van der Waals surface area contributed by atoms with E-state index in [1.54, 1.807) is 20.8 Å². The second-order valence-electron chi connectivity index (χ2n) is 9.15. The van der Waals surface area contributed by atoms with Crippen LogP contribution in [-0.2, 0) is 14.3 Å². The number of carbonyl (C=O) groups excluding carboxylic acids is 3. The Hall–Kier alpha value is -2.31. The van der Waals surface area contributed by atoms with Crippen molar-refractivity contribution >= 4 is 17.8 Å². The molecular weight excluding hydrogens is 372 g/mol. The first kappa shape index (κ1) is 21.4. The molecule has 2 bridgehead atoms. The third-order valence-electron chi connectivity index (χ3n) is 7.58. The standard InChI is InChI=1S/C22H32N2O5/c1-7-28-20(27)18-12(2)17(13(3)23-18)19(26)29-11-16(25)24-15-10-14-8-9-22(15,6)21(14,4)5/h14-15,23H,7-11H2,1-6H3,(H,24,25)/t14-,15-,22-/m1/s1. The molecule has 0 saturated heterocycles. The molecule has 3 rings (SSSR count). The maximum Gasteiger partial charge on any atom is 0.355 e. The van der Waals surface area contributed by atoms with Gasteiger partial charge < -0.3 is 19.8 Å². The van der Waals surface area contributed by atoms with Crippen molar-refractivity contribution < 1.29 is 23.9 Å². The third-order valence-corrected chi connectivity index (χ3v) is 7.58. The van der Waals surface area contributed by atoms with Crippen molar-refractivity contribution in [2.24, 2.45) is 16.7 Å². The Kier molecular flexibility index (Phi) is 5.54. The fourth-order valence-corrected chi connectivity index (χ4v) is 5.32. The van der Waals surface area contributed by atoms with Crippen LogP contribution in [0.1, 0.15) is 79.1 Å². The van der Waals surface area contributed by atoms with Crippen LogP contribution in [0.3, 0.4) is 0 Å². The molecule has 1 heterocycles. The Balaban J connectivity index is 1.60. The van der Waals surface area contributed by atoms with E-state index in [9.17, 15) is 14.4 Å². The van der Waals surface area contributed by atoms with Crippen LogP contribution in [0.15, 0.2) is 0 Å². The average Bonchev–Trinajstić information content (AvgIpc) is 3.13. The Morgan fingerprint density at radius 3 is 2.38 bits per heavy atom.